The minimum Gasteiger partial charge on any atom is -0.333 e. The van der Waals surface area contributed by atoms with E-state index in [1.54, 1.807) is 11.3 Å². The lowest BCUT2D eigenvalue weighted by Gasteiger charge is -2.30. The molecule has 0 unspecified atom stereocenters. The molecule has 1 saturated carbocycles. The standard InChI is InChI=1S/C25H34N2O2S/c1-19(2)15-27(25(29)22-11-7-8-12-22)18-24(28)26(16-21-9-5-4-6-10-21)17-23-20(3)13-14-30-23/h4-6,9-10,13-14,19,22H,7-8,11-12,15-18H2,1-3H3. The van der Waals surface area contributed by atoms with E-state index in [2.05, 4.69) is 44.4 Å². The lowest BCUT2D eigenvalue weighted by Crippen LogP contribution is -2.45. The SMILES string of the molecule is Cc1ccsc1CN(Cc1ccccc1)C(=O)CN(CC(C)C)C(=O)C1CCCC1. The van der Waals surface area contributed by atoms with Gasteiger partial charge in [0.25, 0.3) is 0 Å². The van der Waals surface area contributed by atoms with Crippen LogP contribution in [0.2, 0.25) is 0 Å². The number of hydrogen-bond donors (Lipinski definition) is 0. The van der Waals surface area contributed by atoms with Gasteiger partial charge in [-0.1, -0.05) is 57.0 Å². The van der Waals surface area contributed by atoms with E-state index in [0.29, 0.717) is 25.6 Å². The Hall–Kier alpha value is -2.14. The average molecular weight is 427 g/mol. The zero-order chi connectivity index (χ0) is 21.5. The zero-order valence-electron chi connectivity index (χ0n) is 18.5. The highest BCUT2D eigenvalue weighted by Gasteiger charge is 2.30. The molecule has 2 amide bonds. The molecule has 30 heavy (non-hydrogen) atoms. The Bertz CT molecular complexity index is 825. The number of rotatable bonds is 9. The number of carbonyl (C=O) groups excluding carboxylic acids is 2. The molecule has 0 bridgehead atoms. The van der Waals surface area contributed by atoms with Crippen molar-refractivity contribution in [3.8, 4) is 0 Å². The van der Waals surface area contributed by atoms with Crippen LogP contribution in [0.25, 0.3) is 0 Å². The second-order valence-corrected chi connectivity index (χ2v) is 9.86. The molecule has 162 valence electrons. The highest BCUT2D eigenvalue weighted by Crippen LogP contribution is 2.27. The molecule has 0 atom stereocenters. The monoisotopic (exact) mass is 426 g/mol. The van der Waals surface area contributed by atoms with E-state index in [9.17, 15) is 9.59 Å². The fourth-order valence-electron chi connectivity index (χ4n) is 4.14. The second kappa shape index (κ2) is 10.8. The van der Waals surface area contributed by atoms with Gasteiger partial charge in [-0.25, -0.2) is 0 Å². The molecule has 4 nitrogen and oxygen atoms in total. The minimum atomic E-state index is 0.0265. The summed E-state index contributed by atoms with van der Waals surface area (Å²) in [6, 6.07) is 12.2. The van der Waals surface area contributed by atoms with Crippen LogP contribution in [0.3, 0.4) is 0 Å². The Morgan fingerprint density at radius 2 is 1.73 bits per heavy atom. The lowest BCUT2D eigenvalue weighted by atomic mass is 10.1. The first-order chi connectivity index (χ1) is 14.4. The fraction of sp³-hybridized carbons (Fsp3) is 0.520. The number of thiophene rings is 1. The van der Waals surface area contributed by atoms with Crippen LogP contribution in [0.4, 0.5) is 0 Å². The van der Waals surface area contributed by atoms with Crippen molar-refractivity contribution >= 4 is 23.2 Å². The first-order valence-corrected chi connectivity index (χ1v) is 12.0. The van der Waals surface area contributed by atoms with Gasteiger partial charge < -0.3 is 9.80 Å². The summed E-state index contributed by atoms with van der Waals surface area (Å²) in [7, 11) is 0. The maximum atomic E-state index is 13.4. The molecule has 0 saturated heterocycles. The topological polar surface area (TPSA) is 40.6 Å². The maximum Gasteiger partial charge on any atom is 0.242 e. The quantitative estimate of drug-likeness (QED) is 0.549. The van der Waals surface area contributed by atoms with Gasteiger partial charge in [0.1, 0.15) is 0 Å². The summed E-state index contributed by atoms with van der Waals surface area (Å²) in [6.07, 6.45) is 4.17. The lowest BCUT2D eigenvalue weighted by molar-refractivity contribution is -0.144. The largest absolute Gasteiger partial charge is 0.333 e. The third-order valence-corrected chi connectivity index (χ3v) is 6.81. The molecular formula is C25H34N2O2S. The van der Waals surface area contributed by atoms with Crippen molar-refractivity contribution in [3.63, 3.8) is 0 Å². The Morgan fingerprint density at radius 3 is 2.33 bits per heavy atom. The van der Waals surface area contributed by atoms with Crippen LogP contribution in [0.5, 0.6) is 0 Å². The van der Waals surface area contributed by atoms with E-state index in [-0.39, 0.29) is 24.3 Å². The Balaban J connectivity index is 1.76. The van der Waals surface area contributed by atoms with Gasteiger partial charge in [0.2, 0.25) is 11.8 Å². The molecule has 0 spiro atoms. The van der Waals surface area contributed by atoms with E-state index >= 15 is 0 Å². The molecule has 5 heteroatoms. The van der Waals surface area contributed by atoms with Crippen LogP contribution >= 0.6 is 11.3 Å². The first-order valence-electron chi connectivity index (χ1n) is 11.1. The first kappa shape index (κ1) is 22.5. The zero-order valence-corrected chi connectivity index (χ0v) is 19.3. The van der Waals surface area contributed by atoms with Crippen LogP contribution in [0.15, 0.2) is 41.8 Å². The molecule has 1 heterocycles. The highest BCUT2D eigenvalue weighted by atomic mass is 32.1. The van der Waals surface area contributed by atoms with E-state index in [1.165, 1.54) is 10.4 Å². The molecule has 1 aliphatic carbocycles. The van der Waals surface area contributed by atoms with Gasteiger partial charge in [0.15, 0.2) is 0 Å². The van der Waals surface area contributed by atoms with E-state index in [4.69, 9.17) is 0 Å². The summed E-state index contributed by atoms with van der Waals surface area (Å²) in [6.45, 7) is 8.26. The van der Waals surface area contributed by atoms with E-state index in [0.717, 1.165) is 31.2 Å². The Morgan fingerprint density at radius 1 is 1.03 bits per heavy atom. The number of amides is 2. The second-order valence-electron chi connectivity index (χ2n) is 8.86. The molecular weight excluding hydrogens is 392 g/mol. The number of benzene rings is 1. The van der Waals surface area contributed by atoms with E-state index in [1.807, 2.05) is 28.0 Å². The molecule has 2 aromatic rings. The van der Waals surface area contributed by atoms with Crippen LogP contribution in [0.1, 0.15) is 55.5 Å². The molecule has 3 rings (SSSR count). The fourth-order valence-corrected chi connectivity index (χ4v) is 5.06. The van der Waals surface area contributed by atoms with E-state index < -0.39 is 0 Å². The maximum absolute atomic E-state index is 13.4. The number of hydrogen-bond acceptors (Lipinski definition) is 3. The van der Waals surface area contributed by atoms with Gasteiger partial charge in [-0.2, -0.15) is 0 Å². The molecule has 0 N–H and O–H groups in total. The molecule has 1 aromatic carbocycles. The van der Waals surface area contributed by atoms with Crippen molar-refractivity contribution in [2.24, 2.45) is 11.8 Å². The van der Waals surface area contributed by atoms with Crippen molar-refractivity contribution in [2.45, 2.75) is 59.5 Å². The molecule has 0 radical (unpaired) electrons. The molecule has 1 fully saturated rings. The van der Waals surface area contributed by atoms with Crippen LogP contribution in [-0.4, -0.2) is 34.7 Å². The van der Waals surface area contributed by atoms with Gasteiger partial charge in [0, 0.05) is 23.9 Å². The van der Waals surface area contributed by atoms with Crippen molar-refractivity contribution in [3.05, 3.63) is 57.8 Å². The van der Waals surface area contributed by atoms with Crippen molar-refractivity contribution in [1.82, 2.24) is 9.80 Å². The molecule has 0 aliphatic heterocycles. The molecule has 1 aromatic heterocycles. The summed E-state index contributed by atoms with van der Waals surface area (Å²) in [5, 5.41) is 2.07. The summed E-state index contributed by atoms with van der Waals surface area (Å²) < 4.78 is 0. The third-order valence-electron chi connectivity index (χ3n) is 5.80. The van der Waals surface area contributed by atoms with Crippen molar-refractivity contribution in [2.75, 3.05) is 13.1 Å². The minimum absolute atomic E-state index is 0.0265. The summed E-state index contributed by atoms with van der Waals surface area (Å²) in [4.78, 5) is 31.5. The number of carbonyl (C=O) groups is 2. The normalized spacial score (nSPS) is 14.3. The average Bonchev–Trinajstić information content (AvgIpc) is 3.39. The number of nitrogens with zero attached hydrogens (tertiary/aromatic N) is 2. The van der Waals surface area contributed by atoms with Crippen LogP contribution < -0.4 is 0 Å². The summed E-state index contributed by atoms with van der Waals surface area (Å²) >= 11 is 1.69. The summed E-state index contributed by atoms with van der Waals surface area (Å²) in [5.41, 5.74) is 2.32. The predicted octanol–water partition coefficient (Wildman–Crippen LogP) is 5.26. The van der Waals surface area contributed by atoms with Crippen molar-refractivity contribution < 1.29 is 9.59 Å². The highest BCUT2D eigenvalue weighted by molar-refractivity contribution is 7.10. The summed E-state index contributed by atoms with van der Waals surface area (Å²) in [5.74, 6) is 0.629. The third kappa shape index (κ3) is 6.18. The smallest absolute Gasteiger partial charge is 0.242 e. The van der Waals surface area contributed by atoms with Gasteiger partial charge in [-0.15, -0.1) is 11.3 Å². The Labute approximate surface area is 184 Å². The van der Waals surface area contributed by atoms with Gasteiger partial charge in [-0.3, -0.25) is 9.59 Å². The number of aryl methyl sites for hydroxylation is 1. The molecule has 1 aliphatic rings. The van der Waals surface area contributed by atoms with Crippen LogP contribution in [0, 0.1) is 18.8 Å². The Kier molecular flexibility index (Phi) is 8.08. The van der Waals surface area contributed by atoms with Gasteiger partial charge >= 0.3 is 0 Å². The van der Waals surface area contributed by atoms with Crippen LogP contribution in [-0.2, 0) is 22.7 Å². The van der Waals surface area contributed by atoms with Gasteiger partial charge in [-0.05, 0) is 48.3 Å². The van der Waals surface area contributed by atoms with Crippen molar-refractivity contribution in [1.29, 1.82) is 0 Å². The van der Waals surface area contributed by atoms with Gasteiger partial charge in [0.05, 0.1) is 13.1 Å². The predicted molar refractivity (Wildman–Crippen MR) is 123 cm³/mol.